The monoisotopic (exact) mass is 396 g/mol. The van der Waals surface area contributed by atoms with Gasteiger partial charge >= 0.3 is 5.97 Å². The van der Waals surface area contributed by atoms with Crippen LogP contribution in [0.2, 0.25) is 0 Å². The van der Waals surface area contributed by atoms with Crippen molar-refractivity contribution in [3.63, 3.8) is 0 Å². The molecule has 0 aliphatic rings. The average Bonchev–Trinajstić information content (AvgIpc) is 3.38. The van der Waals surface area contributed by atoms with Crippen molar-refractivity contribution in [2.75, 3.05) is 0 Å². The molecule has 0 aliphatic heterocycles. The van der Waals surface area contributed by atoms with Crippen molar-refractivity contribution in [3.8, 4) is 11.3 Å². The van der Waals surface area contributed by atoms with E-state index < -0.39 is 5.97 Å². The third-order valence-corrected chi connectivity index (χ3v) is 4.48. The van der Waals surface area contributed by atoms with Crippen LogP contribution in [0.25, 0.3) is 22.4 Å². The summed E-state index contributed by atoms with van der Waals surface area (Å²) < 4.78 is 21.4. The minimum absolute atomic E-state index is 0.117. The van der Waals surface area contributed by atoms with Crippen molar-refractivity contribution in [3.05, 3.63) is 46.6 Å². The number of hydrogen-bond acceptors (Lipinski definition) is 9. The van der Waals surface area contributed by atoms with E-state index in [1.165, 1.54) is 0 Å². The second kappa shape index (κ2) is 7.16. The van der Waals surface area contributed by atoms with Gasteiger partial charge in [0.1, 0.15) is 11.5 Å². The van der Waals surface area contributed by atoms with Crippen LogP contribution in [0.3, 0.4) is 0 Å². The van der Waals surface area contributed by atoms with Crippen LogP contribution < -0.4 is 0 Å². The van der Waals surface area contributed by atoms with E-state index in [1.54, 1.807) is 13.0 Å². The van der Waals surface area contributed by atoms with Gasteiger partial charge in [0, 0.05) is 11.5 Å². The Morgan fingerprint density at radius 3 is 2.55 bits per heavy atom. The van der Waals surface area contributed by atoms with Gasteiger partial charge in [-0.1, -0.05) is 24.2 Å². The van der Waals surface area contributed by atoms with Gasteiger partial charge in [0.25, 0.3) is 11.6 Å². The Labute approximate surface area is 166 Å². The molecular formula is C20H20N4O5. The molecule has 4 heterocycles. The van der Waals surface area contributed by atoms with Crippen LogP contribution in [-0.4, -0.2) is 26.3 Å². The number of furan rings is 1. The first-order valence-corrected chi connectivity index (χ1v) is 9.17. The predicted molar refractivity (Wildman–Crippen MR) is 101 cm³/mol. The second-order valence-electron chi connectivity index (χ2n) is 7.11. The summed E-state index contributed by atoms with van der Waals surface area (Å²) >= 11 is 0. The molecule has 4 aromatic rings. The van der Waals surface area contributed by atoms with Gasteiger partial charge < -0.3 is 18.2 Å². The van der Waals surface area contributed by atoms with E-state index in [-0.39, 0.29) is 24.1 Å². The van der Waals surface area contributed by atoms with Crippen molar-refractivity contribution in [2.24, 2.45) is 0 Å². The van der Waals surface area contributed by atoms with E-state index in [9.17, 15) is 4.79 Å². The molecule has 150 valence electrons. The van der Waals surface area contributed by atoms with Crippen molar-refractivity contribution in [1.82, 2.24) is 20.3 Å². The number of carbonyl (C=O) groups is 1. The lowest BCUT2D eigenvalue weighted by atomic mass is 10.1. The summed E-state index contributed by atoms with van der Waals surface area (Å²) in [5, 5.41) is 8.30. The van der Waals surface area contributed by atoms with E-state index in [4.69, 9.17) is 18.2 Å². The molecule has 9 nitrogen and oxygen atoms in total. The molecule has 0 saturated heterocycles. The topological polar surface area (TPSA) is 117 Å². The van der Waals surface area contributed by atoms with Crippen LogP contribution in [0.5, 0.6) is 0 Å². The van der Waals surface area contributed by atoms with E-state index in [1.807, 2.05) is 33.8 Å². The number of carbonyl (C=O) groups excluding carboxylic acids is 1. The standard InChI is InChI=1S/C20H20N4O5/c1-9(2)18-22-16(28-24-18)8-26-20(25)14-7-15(13-6-10(3)27-12(13)5)21-19-17(14)11(4)23-29-19/h6-7,9H,8H2,1-5H3. The fourth-order valence-corrected chi connectivity index (χ4v) is 3.05. The van der Waals surface area contributed by atoms with Gasteiger partial charge in [-0.05, 0) is 32.9 Å². The van der Waals surface area contributed by atoms with Gasteiger partial charge in [-0.3, -0.25) is 0 Å². The molecular weight excluding hydrogens is 376 g/mol. The highest BCUT2D eigenvalue weighted by molar-refractivity contribution is 6.04. The lowest BCUT2D eigenvalue weighted by Crippen LogP contribution is -2.07. The summed E-state index contributed by atoms with van der Waals surface area (Å²) in [6, 6.07) is 3.51. The maximum atomic E-state index is 12.9. The summed E-state index contributed by atoms with van der Waals surface area (Å²) in [5.41, 5.74) is 2.41. The molecule has 0 saturated carbocycles. The highest BCUT2D eigenvalue weighted by Crippen LogP contribution is 2.30. The van der Waals surface area contributed by atoms with Gasteiger partial charge in [0.05, 0.1) is 22.3 Å². The molecule has 9 heteroatoms. The third kappa shape index (κ3) is 3.51. The number of aryl methyl sites for hydroxylation is 3. The number of fused-ring (bicyclic) bond motifs is 1. The van der Waals surface area contributed by atoms with Gasteiger partial charge in [-0.15, -0.1) is 0 Å². The van der Waals surface area contributed by atoms with Crippen molar-refractivity contribution in [2.45, 2.75) is 47.1 Å². The average molecular weight is 396 g/mol. The molecule has 0 fully saturated rings. The fraction of sp³-hybridized carbons (Fsp3) is 0.350. The Morgan fingerprint density at radius 2 is 1.90 bits per heavy atom. The molecule has 29 heavy (non-hydrogen) atoms. The van der Waals surface area contributed by atoms with Crippen LogP contribution in [-0.2, 0) is 11.3 Å². The Hall–Kier alpha value is -3.49. The predicted octanol–water partition coefficient (Wildman–Crippen LogP) is 4.27. The van der Waals surface area contributed by atoms with Gasteiger partial charge in [-0.2, -0.15) is 4.98 Å². The molecule has 0 atom stereocenters. The first kappa shape index (κ1) is 18.9. The Bertz CT molecular complexity index is 1200. The van der Waals surface area contributed by atoms with Gasteiger partial charge in [0.2, 0.25) is 0 Å². The molecule has 0 spiro atoms. The molecule has 0 amide bonds. The molecule has 0 N–H and O–H groups in total. The summed E-state index contributed by atoms with van der Waals surface area (Å²) in [6.07, 6.45) is 0. The Kier molecular flexibility index (Phi) is 4.65. The Balaban J connectivity index is 1.68. The number of ether oxygens (including phenoxy) is 1. The van der Waals surface area contributed by atoms with E-state index in [2.05, 4.69) is 20.3 Å². The molecule has 4 rings (SSSR count). The zero-order valence-electron chi connectivity index (χ0n) is 16.8. The van der Waals surface area contributed by atoms with Crippen LogP contribution in [0, 0.1) is 20.8 Å². The fourth-order valence-electron chi connectivity index (χ4n) is 3.05. The molecule has 0 radical (unpaired) electrons. The largest absolute Gasteiger partial charge is 0.466 e. The summed E-state index contributed by atoms with van der Waals surface area (Å²) in [5.74, 6) is 1.78. The lowest BCUT2D eigenvalue weighted by Gasteiger charge is -2.06. The number of aromatic nitrogens is 4. The van der Waals surface area contributed by atoms with Gasteiger partial charge in [-0.25, -0.2) is 9.78 Å². The smallest absolute Gasteiger partial charge is 0.339 e. The van der Waals surface area contributed by atoms with Crippen LogP contribution in [0.15, 0.2) is 25.6 Å². The summed E-state index contributed by atoms with van der Waals surface area (Å²) in [6.45, 7) is 9.18. The molecule has 4 aromatic heterocycles. The molecule has 0 aromatic carbocycles. The van der Waals surface area contributed by atoms with E-state index in [0.717, 1.165) is 11.3 Å². The zero-order valence-corrected chi connectivity index (χ0v) is 16.8. The maximum Gasteiger partial charge on any atom is 0.339 e. The van der Waals surface area contributed by atoms with Crippen LogP contribution in [0.4, 0.5) is 0 Å². The third-order valence-electron chi connectivity index (χ3n) is 4.48. The van der Waals surface area contributed by atoms with Crippen molar-refractivity contribution in [1.29, 1.82) is 0 Å². The number of esters is 1. The number of rotatable bonds is 5. The Morgan fingerprint density at radius 1 is 1.10 bits per heavy atom. The molecule has 0 unspecified atom stereocenters. The zero-order chi connectivity index (χ0) is 20.7. The van der Waals surface area contributed by atoms with Crippen LogP contribution >= 0.6 is 0 Å². The summed E-state index contributed by atoms with van der Waals surface area (Å²) in [4.78, 5) is 21.6. The first-order valence-electron chi connectivity index (χ1n) is 9.17. The highest BCUT2D eigenvalue weighted by atomic mass is 16.6. The highest BCUT2D eigenvalue weighted by Gasteiger charge is 2.22. The molecule has 0 bridgehead atoms. The second-order valence-corrected chi connectivity index (χ2v) is 7.11. The van der Waals surface area contributed by atoms with E-state index >= 15 is 0 Å². The van der Waals surface area contributed by atoms with Gasteiger partial charge in [0.15, 0.2) is 12.4 Å². The minimum atomic E-state index is -0.563. The number of hydrogen-bond donors (Lipinski definition) is 0. The lowest BCUT2D eigenvalue weighted by molar-refractivity contribution is 0.0432. The molecule has 0 aliphatic carbocycles. The normalized spacial score (nSPS) is 11.5. The maximum absolute atomic E-state index is 12.9. The van der Waals surface area contributed by atoms with E-state index in [0.29, 0.717) is 33.9 Å². The quantitative estimate of drug-likeness (QED) is 0.456. The number of pyridine rings is 1. The minimum Gasteiger partial charge on any atom is -0.466 e. The first-order chi connectivity index (χ1) is 13.8. The van der Waals surface area contributed by atoms with Crippen molar-refractivity contribution < 1.29 is 23.0 Å². The summed E-state index contributed by atoms with van der Waals surface area (Å²) in [7, 11) is 0. The SMILES string of the molecule is Cc1cc(-c2cc(C(=O)OCc3nc(C(C)C)no3)c3c(C)noc3n2)c(C)o1. The van der Waals surface area contributed by atoms with Crippen molar-refractivity contribution >= 4 is 17.1 Å². The number of nitrogens with zero attached hydrogens (tertiary/aromatic N) is 4. The van der Waals surface area contributed by atoms with Crippen LogP contribution in [0.1, 0.15) is 59.1 Å².